The van der Waals surface area contributed by atoms with Crippen LogP contribution in [0.3, 0.4) is 0 Å². The molecule has 2 saturated heterocycles. The molecular weight excluding hydrogens is 398 g/mol. The number of carbonyl (C=O) groups is 1. The summed E-state index contributed by atoms with van der Waals surface area (Å²) in [6, 6.07) is 13.4. The largest absolute Gasteiger partial charge is 0.347 e. The third-order valence-electron chi connectivity index (χ3n) is 6.78. The maximum Gasteiger partial charge on any atom is 0.223 e. The topological polar surface area (TPSA) is 61.4 Å². The zero-order valence-electron chi connectivity index (χ0n) is 18.9. The number of pyridine rings is 2. The van der Waals surface area contributed by atoms with Crippen LogP contribution in [-0.2, 0) is 11.3 Å². The molecule has 2 bridgehead atoms. The highest BCUT2D eigenvalue weighted by molar-refractivity contribution is 5.82. The molecule has 1 N–H and O–H groups in total. The Kier molecular flexibility index (Phi) is 5.79. The quantitative estimate of drug-likeness (QED) is 0.607. The first-order valence-corrected chi connectivity index (χ1v) is 11.6. The van der Waals surface area contributed by atoms with Crippen LogP contribution in [0.4, 0.5) is 5.82 Å². The third-order valence-corrected chi connectivity index (χ3v) is 6.78. The molecule has 0 radical (unpaired) electrons. The average molecular weight is 430 g/mol. The highest BCUT2D eigenvalue weighted by Gasteiger charge is 2.41. The molecule has 6 heteroatoms. The summed E-state index contributed by atoms with van der Waals surface area (Å²) in [5.41, 5.74) is 4.58. The van der Waals surface area contributed by atoms with E-state index in [1.54, 1.807) is 0 Å². The van der Waals surface area contributed by atoms with Gasteiger partial charge in [0.15, 0.2) is 0 Å². The van der Waals surface area contributed by atoms with Gasteiger partial charge in [-0.05, 0) is 61.6 Å². The number of aromatic nitrogens is 2. The molecular formula is C26H31N5O. The molecule has 1 amide bonds. The van der Waals surface area contributed by atoms with Crippen LogP contribution in [0, 0.1) is 13.8 Å². The number of nitrogens with one attached hydrogen (secondary N) is 1. The Balaban J connectivity index is 1.14. The number of amides is 1. The van der Waals surface area contributed by atoms with Crippen LogP contribution < -0.4 is 10.2 Å². The number of nitrogens with zero attached hydrogens (tertiary/aromatic N) is 4. The van der Waals surface area contributed by atoms with Gasteiger partial charge in [-0.1, -0.05) is 18.2 Å². The summed E-state index contributed by atoms with van der Waals surface area (Å²) in [6.45, 7) is 7.17. The molecule has 2 aliphatic rings. The standard InChI is InChI=1S/C26H31N5O/c1-18-6-9-25(29-13-18)31-21-7-8-22(31)17-30(16-21)26(32)10-11-27-15-20-4-3-5-24-23(20)12-19(2)14-28-24/h3-6,9,12-14,21-22,27H,7-8,10-11,15-17H2,1-2H3. The zero-order chi connectivity index (χ0) is 22.1. The van der Waals surface area contributed by atoms with Gasteiger partial charge < -0.3 is 15.1 Å². The number of anilines is 1. The number of hydrogen-bond donors (Lipinski definition) is 1. The van der Waals surface area contributed by atoms with E-state index in [2.05, 4.69) is 63.2 Å². The van der Waals surface area contributed by atoms with Crippen LogP contribution in [0.2, 0.25) is 0 Å². The van der Waals surface area contributed by atoms with Crippen LogP contribution in [0.25, 0.3) is 10.9 Å². The van der Waals surface area contributed by atoms with E-state index in [0.29, 0.717) is 25.0 Å². The van der Waals surface area contributed by atoms with Gasteiger partial charge in [0, 0.05) is 62.5 Å². The number of rotatable bonds is 6. The van der Waals surface area contributed by atoms with Crippen LogP contribution >= 0.6 is 0 Å². The van der Waals surface area contributed by atoms with E-state index in [0.717, 1.165) is 49.4 Å². The molecule has 0 saturated carbocycles. The second kappa shape index (κ2) is 8.87. The van der Waals surface area contributed by atoms with Crippen molar-refractivity contribution in [2.45, 2.75) is 51.7 Å². The van der Waals surface area contributed by atoms with Crippen molar-refractivity contribution in [2.75, 3.05) is 24.5 Å². The third kappa shape index (κ3) is 4.19. The van der Waals surface area contributed by atoms with Crippen LogP contribution in [0.1, 0.15) is 36.0 Å². The maximum absolute atomic E-state index is 12.9. The molecule has 2 fully saturated rings. The van der Waals surface area contributed by atoms with Crippen LogP contribution in [-0.4, -0.2) is 52.5 Å². The van der Waals surface area contributed by atoms with Crippen LogP contribution in [0.5, 0.6) is 0 Å². The molecule has 2 atom stereocenters. The summed E-state index contributed by atoms with van der Waals surface area (Å²) in [4.78, 5) is 26.6. The lowest BCUT2D eigenvalue weighted by molar-refractivity contribution is -0.132. The number of hydrogen-bond acceptors (Lipinski definition) is 5. The molecule has 3 aromatic rings. The Morgan fingerprint density at radius 3 is 2.56 bits per heavy atom. The zero-order valence-corrected chi connectivity index (χ0v) is 18.9. The van der Waals surface area contributed by atoms with Crippen LogP contribution in [0.15, 0.2) is 48.8 Å². The molecule has 2 aliphatic heterocycles. The molecule has 5 rings (SSSR count). The Bertz CT molecular complexity index is 1100. The van der Waals surface area contributed by atoms with Crippen molar-refractivity contribution >= 4 is 22.6 Å². The normalized spacial score (nSPS) is 20.2. The smallest absolute Gasteiger partial charge is 0.223 e. The molecule has 0 spiro atoms. The van der Waals surface area contributed by atoms with Gasteiger partial charge >= 0.3 is 0 Å². The number of likely N-dealkylation sites (tertiary alicyclic amines) is 1. The van der Waals surface area contributed by atoms with Gasteiger partial charge in [0.2, 0.25) is 5.91 Å². The Morgan fingerprint density at radius 2 is 1.81 bits per heavy atom. The van der Waals surface area contributed by atoms with E-state index in [1.165, 1.54) is 16.5 Å². The minimum absolute atomic E-state index is 0.251. The van der Waals surface area contributed by atoms with Crippen molar-refractivity contribution in [3.05, 3.63) is 65.5 Å². The molecule has 1 aromatic carbocycles. The fraction of sp³-hybridized carbons (Fsp3) is 0.423. The number of fused-ring (bicyclic) bond motifs is 3. The van der Waals surface area contributed by atoms with E-state index in [9.17, 15) is 4.79 Å². The fourth-order valence-electron chi connectivity index (χ4n) is 5.14. The first-order valence-electron chi connectivity index (χ1n) is 11.6. The maximum atomic E-state index is 12.9. The second-order valence-electron chi connectivity index (χ2n) is 9.21. The summed E-state index contributed by atoms with van der Waals surface area (Å²) in [5.74, 6) is 1.30. The van der Waals surface area contributed by atoms with Crippen molar-refractivity contribution in [2.24, 2.45) is 0 Å². The Hall–Kier alpha value is -2.99. The molecule has 4 heterocycles. The van der Waals surface area contributed by atoms with Crippen molar-refractivity contribution in [1.82, 2.24) is 20.2 Å². The average Bonchev–Trinajstić information content (AvgIpc) is 3.06. The predicted molar refractivity (Wildman–Crippen MR) is 128 cm³/mol. The number of benzene rings is 1. The van der Waals surface area contributed by atoms with Crippen molar-refractivity contribution in [1.29, 1.82) is 0 Å². The van der Waals surface area contributed by atoms with Gasteiger partial charge in [-0.15, -0.1) is 0 Å². The number of piperazine rings is 1. The first-order chi connectivity index (χ1) is 15.6. The summed E-state index contributed by atoms with van der Waals surface area (Å²) in [7, 11) is 0. The SMILES string of the molecule is Cc1ccc(N2C3CCC2CN(C(=O)CCNCc2cccc4ncc(C)cc24)C3)nc1. The monoisotopic (exact) mass is 429 g/mol. The highest BCUT2D eigenvalue weighted by Crippen LogP contribution is 2.34. The van der Waals surface area contributed by atoms with E-state index >= 15 is 0 Å². The lowest BCUT2D eigenvalue weighted by Gasteiger charge is -2.42. The van der Waals surface area contributed by atoms with Crippen molar-refractivity contribution < 1.29 is 4.79 Å². The minimum atomic E-state index is 0.251. The minimum Gasteiger partial charge on any atom is -0.347 e. The van der Waals surface area contributed by atoms with E-state index in [1.807, 2.05) is 24.5 Å². The number of carbonyl (C=O) groups excluding carboxylic acids is 1. The van der Waals surface area contributed by atoms with E-state index in [4.69, 9.17) is 0 Å². The molecule has 2 unspecified atom stereocenters. The van der Waals surface area contributed by atoms with Crippen molar-refractivity contribution in [3.8, 4) is 0 Å². The molecule has 32 heavy (non-hydrogen) atoms. The Morgan fingerprint density at radius 1 is 1.03 bits per heavy atom. The predicted octanol–water partition coefficient (Wildman–Crippen LogP) is 3.61. The number of aryl methyl sites for hydroxylation is 2. The van der Waals surface area contributed by atoms with E-state index in [-0.39, 0.29) is 5.91 Å². The summed E-state index contributed by atoms with van der Waals surface area (Å²) < 4.78 is 0. The molecule has 6 nitrogen and oxygen atoms in total. The second-order valence-corrected chi connectivity index (χ2v) is 9.21. The molecule has 0 aliphatic carbocycles. The van der Waals surface area contributed by atoms with Gasteiger partial charge in [0.1, 0.15) is 5.82 Å². The van der Waals surface area contributed by atoms with Gasteiger partial charge in [0.05, 0.1) is 5.52 Å². The lowest BCUT2D eigenvalue weighted by atomic mass is 10.1. The Labute approximate surface area is 189 Å². The van der Waals surface area contributed by atoms with Gasteiger partial charge in [0.25, 0.3) is 0 Å². The fourth-order valence-corrected chi connectivity index (χ4v) is 5.14. The molecule has 2 aromatic heterocycles. The van der Waals surface area contributed by atoms with Gasteiger partial charge in [-0.25, -0.2) is 4.98 Å². The lowest BCUT2D eigenvalue weighted by Crippen LogP contribution is -2.56. The van der Waals surface area contributed by atoms with E-state index < -0.39 is 0 Å². The summed E-state index contributed by atoms with van der Waals surface area (Å²) >= 11 is 0. The molecule has 166 valence electrons. The summed E-state index contributed by atoms with van der Waals surface area (Å²) in [6.07, 6.45) is 6.64. The summed E-state index contributed by atoms with van der Waals surface area (Å²) in [5, 5.41) is 4.65. The highest BCUT2D eigenvalue weighted by atomic mass is 16.2. The van der Waals surface area contributed by atoms with Gasteiger partial charge in [-0.3, -0.25) is 9.78 Å². The van der Waals surface area contributed by atoms with Crippen molar-refractivity contribution in [3.63, 3.8) is 0 Å². The first kappa shape index (κ1) is 20.9. The van der Waals surface area contributed by atoms with Gasteiger partial charge in [-0.2, -0.15) is 0 Å².